The minimum Gasteiger partial charge on any atom is -0.396 e. The van der Waals surface area contributed by atoms with Crippen LogP contribution in [0.2, 0.25) is 0 Å². The molecule has 0 aromatic carbocycles. The summed E-state index contributed by atoms with van der Waals surface area (Å²) in [6, 6.07) is 5.29. The zero-order chi connectivity index (χ0) is 20.3. The first-order valence-electron chi connectivity index (χ1n) is 9.04. The van der Waals surface area contributed by atoms with Gasteiger partial charge in [-0.05, 0) is 30.5 Å². The van der Waals surface area contributed by atoms with Gasteiger partial charge in [0.05, 0.1) is 10.5 Å². The third-order valence-electron chi connectivity index (χ3n) is 4.09. The molecular formula is C19H22N4O3S2. The SMILES string of the molecule is CC(C)CN1C(=O)/C(=C\c2c(NCCCO)nc3ccccn3c2=O)SC1=S. The maximum absolute atomic E-state index is 13.0. The number of carbonyl (C=O) groups excluding carboxylic acids is 1. The Labute approximate surface area is 172 Å². The molecule has 3 rings (SSSR count). The topological polar surface area (TPSA) is 86.9 Å². The summed E-state index contributed by atoms with van der Waals surface area (Å²) >= 11 is 6.54. The smallest absolute Gasteiger partial charge is 0.267 e. The number of carbonyl (C=O) groups is 1. The van der Waals surface area contributed by atoms with E-state index in [0.717, 1.165) is 0 Å². The highest BCUT2D eigenvalue weighted by atomic mass is 32.2. The first kappa shape index (κ1) is 20.5. The lowest BCUT2D eigenvalue weighted by molar-refractivity contribution is -0.122. The lowest BCUT2D eigenvalue weighted by Gasteiger charge is -2.16. The van der Waals surface area contributed by atoms with Gasteiger partial charge in [-0.25, -0.2) is 4.98 Å². The number of nitrogens with zero attached hydrogens (tertiary/aromatic N) is 3. The molecule has 2 N–H and O–H groups in total. The number of aliphatic hydroxyl groups is 1. The lowest BCUT2D eigenvalue weighted by atomic mass is 10.2. The maximum Gasteiger partial charge on any atom is 0.267 e. The Morgan fingerprint density at radius 3 is 2.86 bits per heavy atom. The Balaban J connectivity index is 2.06. The summed E-state index contributed by atoms with van der Waals surface area (Å²) in [6.45, 7) is 5.07. The van der Waals surface area contributed by atoms with Gasteiger partial charge < -0.3 is 10.4 Å². The molecule has 1 amide bonds. The van der Waals surface area contributed by atoms with Crippen LogP contribution in [0.1, 0.15) is 25.8 Å². The first-order chi connectivity index (χ1) is 13.4. The summed E-state index contributed by atoms with van der Waals surface area (Å²) in [7, 11) is 0. The number of pyridine rings is 1. The van der Waals surface area contributed by atoms with Crippen molar-refractivity contribution in [2.45, 2.75) is 20.3 Å². The number of fused-ring (bicyclic) bond motifs is 1. The van der Waals surface area contributed by atoms with Crippen molar-refractivity contribution in [2.75, 3.05) is 25.0 Å². The number of aliphatic hydroxyl groups excluding tert-OH is 1. The summed E-state index contributed by atoms with van der Waals surface area (Å²) in [5.74, 6) is 0.479. The summed E-state index contributed by atoms with van der Waals surface area (Å²) < 4.78 is 1.94. The fourth-order valence-electron chi connectivity index (χ4n) is 2.81. The normalized spacial score (nSPS) is 16.0. The number of thioether (sulfide) groups is 1. The molecule has 1 aliphatic heterocycles. The molecule has 2 aromatic rings. The molecule has 0 saturated carbocycles. The van der Waals surface area contributed by atoms with Crippen molar-refractivity contribution in [1.82, 2.24) is 14.3 Å². The molecule has 148 valence electrons. The van der Waals surface area contributed by atoms with E-state index in [9.17, 15) is 9.59 Å². The molecule has 0 atom stereocenters. The largest absolute Gasteiger partial charge is 0.396 e. The van der Waals surface area contributed by atoms with Crippen LogP contribution in [0, 0.1) is 5.92 Å². The Hall–Kier alpha value is -2.23. The molecular weight excluding hydrogens is 396 g/mol. The van der Waals surface area contributed by atoms with Gasteiger partial charge in [0.2, 0.25) is 0 Å². The zero-order valence-electron chi connectivity index (χ0n) is 15.7. The molecule has 7 nitrogen and oxygen atoms in total. The van der Waals surface area contributed by atoms with Gasteiger partial charge in [-0.2, -0.15) is 0 Å². The molecule has 0 unspecified atom stereocenters. The minimum atomic E-state index is -0.272. The van der Waals surface area contributed by atoms with E-state index < -0.39 is 0 Å². The third-order valence-corrected chi connectivity index (χ3v) is 5.47. The van der Waals surface area contributed by atoms with Crippen molar-refractivity contribution >= 4 is 51.7 Å². The third kappa shape index (κ3) is 4.26. The monoisotopic (exact) mass is 418 g/mol. The quantitative estimate of drug-likeness (QED) is 0.405. The molecule has 1 fully saturated rings. The van der Waals surface area contributed by atoms with Gasteiger partial charge in [-0.15, -0.1) is 0 Å². The Morgan fingerprint density at radius 2 is 2.14 bits per heavy atom. The number of anilines is 1. The van der Waals surface area contributed by atoms with Crippen LogP contribution >= 0.6 is 24.0 Å². The molecule has 9 heteroatoms. The number of nitrogens with one attached hydrogen (secondary N) is 1. The molecule has 0 radical (unpaired) electrons. The van der Waals surface area contributed by atoms with E-state index in [1.165, 1.54) is 16.2 Å². The highest BCUT2D eigenvalue weighted by Gasteiger charge is 2.32. The molecule has 1 aliphatic rings. The van der Waals surface area contributed by atoms with Crippen molar-refractivity contribution in [3.63, 3.8) is 0 Å². The van der Waals surface area contributed by atoms with E-state index in [0.29, 0.717) is 45.8 Å². The number of hydrogen-bond acceptors (Lipinski definition) is 7. The van der Waals surface area contributed by atoms with Crippen LogP contribution in [0.25, 0.3) is 11.7 Å². The molecule has 0 bridgehead atoms. The van der Waals surface area contributed by atoms with Crippen molar-refractivity contribution in [2.24, 2.45) is 5.92 Å². The standard InChI is InChI=1S/C19H22N4O3S2/c1-12(2)11-23-18(26)14(28-19(23)27)10-13-16(20-7-5-9-24)21-15-6-3-4-8-22(15)17(13)25/h3-4,6,8,10,12,20,24H,5,7,9,11H2,1-2H3/b14-10+. The predicted octanol–water partition coefficient (Wildman–Crippen LogP) is 2.35. The number of thiocarbonyl (C=S) groups is 1. The maximum atomic E-state index is 13.0. The summed E-state index contributed by atoms with van der Waals surface area (Å²) in [5, 5.41) is 12.1. The number of hydrogen-bond donors (Lipinski definition) is 2. The molecule has 3 heterocycles. The van der Waals surface area contributed by atoms with E-state index >= 15 is 0 Å². The molecule has 1 saturated heterocycles. The average molecular weight is 419 g/mol. The molecule has 0 spiro atoms. The highest BCUT2D eigenvalue weighted by Crippen LogP contribution is 2.33. The summed E-state index contributed by atoms with van der Waals surface area (Å²) in [6.07, 6.45) is 3.73. The Bertz CT molecular complexity index is 1000. The fourth-order valence-corrected chi connectivity index (χ4v) is 4.06. The second-order valence-corrected chi connectivity index (χ2v) is 8.47. The predicted molar refractivity (Wildman–Crippen MR) is 116 cm³/mol. The number of aromatic nitrogens is 2. The van der Waals surface area contributed by atoms with Gasteiger partial charge in [-0.1, -0.05) is 43.9 Å². The second kappa shape index (κ2) is 8.85. The van der Waals surface area contributed by atoms with Gasteiger partial charge in [-0.3, -0.25) is 18.9 Å². The van der Waals surface area contributed by atoms with Gasteiger partial charge in [0.15, 0.2) is 0 Å². The number of amides is 1. The van der Waals surface area contributed by atoms with Gasteiger partial charge >= 0.3 is 0 Å². The van der Waals surface area contributed by atoms with Crippen LogP contribution in [0.4, 0.5) is 5.82 Å². The van der Waals surface area contributed by atoms with E-state index in [1.807, 2.05) is 13.8 Å². The fraction of sp³-hybridized carbons (Fsp3) is 0.368. The van der Waals surface area contributed by atoms with Crippen LogP contribution < -0.4 is 10.9 Å². The first-order valence-corrected chi connectivity index (χ1v) is 10.3. The second-order valence-electron chi connectivity index (χ2n) is 6.80. The van der Waals surface area contributed by atoms with Crippen LogP contribution in [-0.2, 0) is 4.79 Å². The Kier molecular flexibility index (Phi) is 6.48. The van der Waals surface area contributed by atoms with Gasteiger partial charge in [0.25, 0.3) is 11.5 Å². The molecule has 0 aliphatic carbocycles. The van der Waals surface area contributed by atoms with Crippen molar-refractivity contribution in [3.8, 4) is 0 Å². The summed E-state index contributed by atoms with van der Waals surface area (Å²) in [5.41, 5.74) is 0.529. The van der Waals surface area contributed by atoms with Crippen LogP contribution in [-0.4, -0.2) is 49.3 Å². The molecule has 2 aromatic heterocycles. The van der Waals surface area contributed by atoms with E-state index in [2.05, 4.69) is 10.3 Å². The van der Waals surface area contributed by atoms with Crippen LogP contribution in [0.3, 0.4) is 0 Å². The van der Waals surface area contributed by atoms with Gasteiger partial charge in [0, 0.05) is 25.9 Å². The molecule has 28 heavy (non-hydrogen) atoms. The van der Waals surface area contributed by atoms with E-state index in [1.54, 1.807) is 35.4 Å². The van der Waals surface area contributed by atoms with Crippen LogP contribution in [0.15, 0.2) is 34.1 Å². The Morgan fingerprint density at radius 1 is 1.36 bits per heavy atom. The highest BCUT2D eigenvalue weighted by molar-refractivity contribution is 8.26. The lowest BCUT2D eigenvalue weighted by Crippen LogP contribution is -2.31. The van der Waals surface area contributed by atoms with Gasteiger partial charge in [0.1, 0.15) is 15.8 Å². The van der Waals surface area contributed by atoms with Crippen LogP contribution in [0.5, 0.6) is 0 Å². The summed E-state index contributed by atoms with van der Waals surface area (Å²) in [4.78, 5) is 32.3. The zero-order valence-corrected chi connectivity index (χ0v) is 17.3. The van der Waals surface area contributed by atoms with E-state index in [4.69, 9.17) is 17.3 Å². The number of rotatable bonds is 7. The van der Waals surface area contributed by atoms with Crippen molar-refractivity contribution in [1.29, 1.82) is 0 Å². The van der Waals surface area contributed by atoms with E-state index in [-0.39, 0.29) is 24.0 Å². The minimum absolute atomic E-state index is 0.0305. The van der Waals surface area contributed by atoms with Crippen molar-refractivity contribution in [3.05, 3.63) is 45.2 Å². The van der Waals surface area contributed by atoms with Crippen molar-refractivity contribution < 1.29 is 9.90 Å². The average Bonchev–Trinajstić information content (AvgIpc) is 2.92.